The van der Waals surface area contributed by atoms with E-state index in [1.54, 1.807) is 20.8 Å². The molecule has 0 aliphatic heterocycles. The fraction of sp³-hybridized carbons (Fsp3) is 0.636. The summed E-state index contributed by atoms with van der Waals surface area (Å²) in [5.41, 5.74) is -0.923. The fourth-order valence-corrected chi connectivity index (χ4v) is 2.17. The Hall–Kier alpha value is -1.61. The first-order valence-electron chi connectivity index (χ1n) is 5.80. The van der Waals surface area contributed by atoms with Crippen LogP contribution in [0.5, 0.6) is 0 Å². The number of carbonyl (C=O) groups excluding carboxylic acids is 1. The van der Waals surface area contributed by atoms with Crippen molar-refractivity contribution in [1.29, 1.82) is 5.41 Å². The zero-order valence-corrected chi connectivity index (χ0v) is 13.4. The van der Waals surface area contributed by atoms with Gasteiger partial charge in [-0.2, -0.15) is 0 Å². The Morgan fingerprint density at radius 2 is 1.80 bits per heavy atom. The predicted molar refractivity (Wildman–Crippen MR) is 76.8 cm³/mol. The molecule has 8 nitrogen and oxygen atoms in total. The van der Waals surface area contributed by atoms with Crippen LogP contribution in [0.4, 0.5) is 4.79 Å². The van der Waals surface area contributed by atoms with Crippen LogP contribution in [0.25, 0.3) is 0 Å². The Bertz CT molecular complexity index is 503. The van der Waals surface area contributed by atoms with Gasteiger partial charge in [0.15, 0.2) is 5.03 Å². The standard InChI is InChI=1S/C11H22N4O4S/c1-11(2,3)19-10(16)14-8(7-12)9(13-4)20(17,18)15(5)6/h7,12-13H,1-6H3,(H,14,16)/b9-8-,12-7?. The Morgan fingerprint density at radius 3 is 2.10 bits per heavy atom. The second-order valence-corrected chi connectivity index (χ2v) is 7.14. The maximum atomic E-state index is 12.0. The van der Waals surface area contributed by atoms with E-state index in [1.165, 1.54) is 21.1 Å². The summed E-state index contributed by atoms with van der Waals surface area (Å²) < 4.78 is 30.1. The summed E-state index contributed by atoms with van der Waals surface area (Å²) in [6.45, 7) is 5.03. The maximum Gasteiger partial charge on any atom is 0.412 e. The summed E-state index contributed by atoms with van der Waals surface area (Å²) >= 11 is 0. The molecule has 0 aliphatic rings. The van der Waals surface area contributed by atoms with Gasteiger partial charge in [-0.1, -0.05) is 0 Å². The number of hydrogen-bond acceptors (Lipinski definition) is 6. The quantitative estimate of drug-likeness (QED) is 0.638. The molecule has 0 aliphatic carbocycles. The largest absolute Gasteiger partial charge is 0.444 e. The molecular weight excluding hydrogens is 284 g/mol. The van der Waals surface area contributed by atoms with Crippen molar-refractivity contribution in [2.45, 2.75) is 26.4 Å². The molecule has 0 aromatic rings. The van der Waals surface area contributed by atoms with Gasteiger partial charge in [0.2, 0.25) is 0 Å². The monoisotopic (exact) mass is 306 g/mol. The van der Waals surface area contributed by atoms with Crippen molar-refractivity contribution in [3.05, 3.63) is 10.7 Å². The molecular formula is C11H22N4O4S. The van der Waals surface area contributed by atoms with Crippen molar-refractivity contribution in [1.82, 2.24) is 14.9 Å². The summed E-state index contributed by atoms with van der Waals surface area (Å²) in [5.74, 6) is 0. The minimum absolute atomic E-state index is 0.199. The Kier molecular flexibility index (Phi) is 6.17. The number of nitrogens with zero attached hydrogens (tertiary/aromatic N) is 1. The van der Waals surface area contributed by atoms with Gasteiger partial charge in [0, 0.05) is 27.4 Å². The minimum Gasteiger partial charge on any atom is -0.444 e. The first-order chi connectivity index (χ1) is 8.95. The molecule has 0 aromatic carbocycles. The van der Waals surface area contributed by atoms with Crippen molar-refractivity contribution < 1.29 is 17.9 Å². The lowest BCUT2D eigenvalue weighted by Crippen LogP contribution is -2.37. The zero-order valence-electron chi connectivity index (χ0n) is 12.6. The third-order valence-corrected chi connectivity index (χ3v) is 3.89. The first-order valence-corrected chi connectivity index (χ1v) is 7.24. The normalized spacial score (nSPS) is 13.6. The first kappa shape index (κ1) is 18.4. The smallest absolute Gasteiger partial charge is 0.412 e. The minimum atomic E-state index is -3.81. The van der Waals surface area contributed by atoms with Crippen LogP contribution < -0.4 is 10.6 Å². The van der Waals surface area contributed by atoms with Crippen LogP contribution in [-0.2, 0) is 14.8 Å². The predicted octanol–water partition coefficient (Wildman–Crippen LogP) is 0.441. The average molecular weight is 306 g/mol. The van der Waals surface area contributed by atoms with Crippen LogP contribution in [0.15, 0.2) is 10.7 Å². The van der Waals surface area contributed by atoms with Gasteiger partial charge in [0.1, 0.15) is 5.60 Å². The summed E-state index contributed by atoms with van der Waals surface area (Å²) in [4.78, 5) is 11.6. The van der Waals surface area contributed by atoms with Gasteiger partial charge < -0.3 is 15.5 Å². The number of nitrogens with one attached hydrogen (secondary N) is 3. The highest BCUT2D eigenvalue weighted by Gasteiger charge is 2.25. The van der Waals surface area contributed by atoms with Crippen molar-refractivity contribution in [2.75, 3.05) is 21.1 Å². The van der Waals surface area contributed by atoms with Gasteiger partial charge in [-0.15, -0.1) is 0 Å². The third-order valence-electron chi connectivity index (χ3n) is 1.99. The lowest BCUT2D eigenvalue weighted by molar-refractivity contribution is 0.0549. The van der Waals surface area contributed by atoms with Crippen LogP contribution in [0, 0.1) is 5.41 Å². The van der Waals surface area contributed by atoms with Crippen LogP contribution in [0.1, 0.15) is 20.8 Å². The molecule has 116 valence electrons. The molecule has 20 heavy (non-hydrogen) atoms. The number of rotatable bonds is 5. The van der Waals surface area contributed by atoms with E-state index in [1.807, 2.05) is 0 Å². The molecule has 0 heterocycles. The third kappa shape index (κ3) is 5.17. The highest BCUT2D eigenvalue weighted by atomic mass is 32.2. The molecule has 3 N–H and O–H groups in total. The maximum absolute atomic E-state index is 12.0. The highest BCUT2D eigenvalue weighted by molar-refractivity contribution is 7.92. The van der Waals surface area contributed by atoms with Gasteiger partial charge in [-0.3, -0.25) is 5.32 Å². The topological polar surface area (TPSA) is 112 Å². The Balaban J connectivity index is 5.47. The van der Waals surface area contributed by atoms with E-state index in [0.29, 0.717) is 0 Å². The van der Waals surface area contributed by atoms with Gasteiger partial charge in [0.05, 0.1) is 5.70 Å². The van der Waals surface area contributed by atoms with E-state index in [0.717, 1.165) is 10.5 Å². The van der Waals surface area contributed by atoms with E-state index in [2.05, 4.69) is 10.6 Å². The summed E-state index contributed by atoms with van der Waals surface area (Å²) in [6.07, 6.45) is -0.103. The van der Waals surface area contributed by atoms with E-state index in [4.69, 9.17) is 10.1 Å². The number of amides is 1. The molecule has 0 rings (SSSR count). The molecule has 0 aromatic heterocycles. The molecule has 0 saturated heterocycles. The molecule has 1 amide bonds. The molecule has 0 atom stereocenters. The molecule has 0 saturated carbocycles. The Labute approximate surface area is 119 Å². The van der Waals surface area contributed by atoms with Crippen molar-refractivity contribution >= 4 is 22.3 Å². The SMILES string of the molecule is CN/C(=C(\C=N)NC(=O)OC(C)(C)C)S(=O)(=O)N(C)C. The van der Waals surface area contributed by atoms with Crippen molar-refractivity contribution in [3.8, 4) is 0 Å². The van der Waals surface area contributed by atoms with Gasteiger partial charge in [-0.25, -0.2) is 17.5 Å². The van der Waals surface area contributed by atoms with Gasteiger partial charge >= 0.3 is 6.09 Å². The van der Waals surface area contributed by atoms with Crippen LogP contribution >= 0.6 is 0 Å². The molecule has 0 spiro atoms. The van der Waals surface area contributed by atoms with E-state index in [-0.39, 0.29) is 10.7 Å². The number of allylic oxidation sites excluding steroid dienone is 1. The number of carbonyl (C=O) groups is 1. The molecule has 0 fully saturated rings. The second kappa shape index (κ2) is 6.71. The van der Waals surface area contributed by atoms with Crippen LogP contribution in [-0.4, -0.2) is 51.8 Å². The molecule has 0 bridgehead atoms. The number of hydrogen-bond donors (Lipinski definition) is 3. The van der Waals surface area contributed by atoms with Gasteiger partial charge in [-0.05, 0) is 20.8 Å². The second-order valence-electron chi connectivity index (χ2n) is 5.05. The fourth-order valence-electron chi connectivity index (χ4n) is 1.16. The zero-order chi connectivity index (χ0) is 16.1. The summed E-state index contributed by atoms with van der Waals surface area (Å²) in [7, 11) is 0.274. The number of alkyl carbamates (subject to hydrolysis) is 1. The van der Waals surface area contributed by atoms with E-state index < -0.39 is 21.7 Å². The lowest BCUT2D eigenvalue weighted by atomic mass is 10.2. The molecule has 0 unspecified atom stereocenters. The van der Waals surface area contributed by atoms with Gasteiger partial charge in [0.25, 0.3) is 10.0 Å². The van der Waals surface area contributed by atoms with Crippen LogP contribution in [0.3, 0.4) is 0 Å². The summed E-state index contributed by atoms with van der Waals surface area (Å²) in [5, 5.41) is 11.7. The van der Waals surface area contributed by atoms with Crippen molar-refractivity contribution in [3.63, 3.8) is 0 Å². The number of ether oxygens (including phenoxy) is 1. The van der Waals surface area contributed by atoms with E-state index in [9.17, 15) is 13.2 Å². The van der Waals surface area contributed by atoms with E-state index >= 15 is 0 Å². The Morgan fingerprint density at radius 1 is 1.30 bits per heavy atom. The van der Waals surface area contributed by atoms with Crippen LogP contribution in [0.2, 0.25) is 0 Å². The number of sulfonamides is 1. The molecule has 9 heteroatoms. The average Bonchev–Trinajstić information content (AvgIpc) is 2.25. The van der Waals surface area contributed by atoms with Crippen molar-refractivity contribution in [2.24, 2.45) is 0 Å². The molecule has 0 radical (unpaired) electrons. The highest BCUT2D eigenvalue weighted by Crippen LogP contribution is 2.11. The lowest BCUT2D eigenvalue weighted by Gasteiger charge is -2.21. The summed E-state index contributed by atoms with van der Waals surface area (Å²) in [6, 6.07) is 0.